The van der Waals surface area contributed by atoms with Gasteiger partial charge in [-0.15, -0.1) is 0 Å². The highest BCUT2D eigenvalue weighted by Crippen LogP contribution is 2.20. The third kappa shape index (κ3) is 4.68. The Hall–Kier alpha value is -1.93. The predicted octanol–water partition coefficient (Wildman–Crippen LogP) is 2.85. The number of amides is 1. The summed E-state index contributed by atoms with van der Waals surface area (Å²) in [5.41, 5.74) is 1.20. The molecule has 1 heterocycles. The minimum absolute atomic E-state index is 0.108. The van der Waals surface area contributed by atoms with Crippen molar-refractivity contribution in [3.05, 3.63) is 64.7 Å². The second kappa shape index (κ2) is 8.39. The van der Waals surface area contributed by atoms with Gasteiger partial charge in [0.2, 0.25) is 10.0 Å². The van der Waals surface area contributed by atoms with Gasteiger partial charge in [-0.1, -0.05) is 29.8 Å². The summed E-state index contributed by atoms with van der Waals surface area (Å²) in [5.74, 6) is -0.337. The predicted molar refractivity (Wildman–Crippen MR) is 103 cm³/mol. The number of rotatable bonds is 5. The van der Waals surface area contributed by atoms with Gasteiger partial charge < -0.3 is 10.1 Å². The molecule has 1 amide bonds. The zero-order valence-electron chi connectivity index (χ0n) is 14.9. The van der Waals surface area contributed by atoms with Crippen LogP contribution in [0, 0.1) is 0 Å². The van der Waals surface area contributed by atoms with Gasteiger partial charge >= 0.3 is 0 Å². The van der Waals surface area contributed by atoms with Crippen LogP contribution in [0.5, 0.6) is 0 Å². The Labute approximate surface area is 164 Å². The lowest BCUT2D eigenvalue weighted by Crippen LogP contribution is -2.40. The lowest BCUT2D eigenvalue weighted by Gasteiger charge is -2.26. The van der Waals surface area contributed by atoms with E-state index in [2.05, 4.69) is 5.32 Å². The normalized spacial score (nSPS) is 16.7. The molecule has 1 atom stereocenters. The number of hydrogen-bond acceptors (Lipinski definition) is 4. The van der Waals surface area contributed by atoms with Gasteiger partial charge in [0.1, 0.15) is 0 Å². The highest BCUT2D eigenvalue weighted by molar-refractivity contribution is 7.89. The fourth-order valence-electron chi connectivity index (χ4n) is 2.85. The monoisotopic (exact) mass is 408 g/mol. The van der Waals surface area contributed by atoms with Gasteiger partial charge in [-0.2, -0.15) is 4.31 Å². The fourth-order valence-corrected chi connectivity index (χ4v) is 4.43. The first-order valence-electron chi connectivity index (χ1n) is 8.62. The molecule has 0 spiro atoms. The third-order valence-electron chi connectivity index (χ3n) is 4.42. The summed E-state index contributed by atoms with van der Waals surface area (Å²) in [6.07, 6.45) is 0. The lowest BCUT2D eigenvalue weighted by atomic mass is 10.1. The average molecular weight is 409 g/mol. The Morgan fingerprint density at radius 1 is 1.15 bits per heavy atom. The van der Waals surface area contributed by atoms with Crippen LogP contribution < -0.4 is 5.32 Å². The smallest absolute Gasteiger partial charge is 0.251 e. The molecular weight excluding hydrogens is 388 g/mol. The minimum atomic E-state index is -3.64. The van der Waals surface area contributed by atoms with Crippen molar-refractivity contribution in [2.45, 2.75) is 17.9 Å². The first kappa shape index (κ1) is 19.8. The summed E-state index contributed by atoms with van der Waals surface area (Å²) in [6.45, 7) is 3.23. The van der Waals surface area contributed by atoms with Crippen molar-refractivity contribution < 1.29 is 17.9 Å². The van der Waals surface area contributed by atoms with E-state index >= 15 is 0 Å². The van der Waals surface area contributed by atoms with Gasteiger partial charge in [-0.3, -0.25) is 4.79 Å². The molecule has 3 rings (SSSR count). The number of halogens is 1. The Kier molecular flexibility index (Phi) is 6.16. The standard InChI is InChI=1S/C19H21ClN2O4S/c1-14(15-5-7-17(20)8-6-15)21-19(23)16-3-2-4-18(13-16)27(24,25)22-9-11-26-12-10-22/h2-8,13-14H,9-12H2,1H3,(H,21,23). The van der Waals surface area contributed by atoms with E-state index in [0.717, 1.165) is 5.56 Å². The average Bonchev–Trinajstić information content (AvgIpc) is 2.69. The SMILES string of the molecule is CC(NC(=O)c1cccc(S(=O)(=O)N2CCOCC2)c1)c1ccc(Cl)cc1. The van der Waals surface area contributed by atoms with E-state index in [9.17, 15) is 13.2 Å². The number of morpholine rings is 1. The van der Waals surface area contributed by atoms with Gasteiger partial charge in [-0.25, -0.2) is 8.42 Å². The topological polar surface area (TPSA) is 75.7 Å². The molecule has 2 aromatic rings. The molecule has 8 heteroatoms. The van der Waals surface area contributed by atoms with Crippen molar-refractivity contribution in [2.24, 2.45) is 0 Å². The van der Waals surface area contributed by atoms with Gasteiger partial charge in [0.05, 0.1) is 24.2 Å². The van der Waals surface area contributed by atoms with Crippen LogP contribution in [0.4, 0.5) is 0 Å². The molecule has 1 aliphatic rings. The maximum absolute atomic E-state index is 12.8. The van der Waals surface area contributed by atoms with Gasteiger partial charge in [-0.05, 0) is 42.8 Å². The molecule has 144 valence electrons. The third-order valence-corrected chi connectivity index (χ3v) is 6.57. The van der Waals surface area contributed by atoms with Crippen LogP contribution in [0.1, 0.15) is 28.9 Å². The molecule has 0 saturated carbocycles. The van der Waals surface area contributed by atoms with Crippen molar-refractivity contribution in [3.8, 4) is 0 Å². The van der Waals surface area contributed by atoms with E-state index in [0.29, 0.717) is 36.9 Å². The van der Waals surface area contributed by atoms with Crippen molar-refractivity contribution >= 4 is 27.5 Å². The molecule has 0 radical (unpaired) electrons. The number of hydrogen-bond donors (Lipinski definition) is 1. The second-order valence-electron chi connectivity index (χ2n) is 6.29. The van der Waals surface area contributed by atoms with Gasteiger partial charge in [0.25, 0.3) is 5.91 Å². The highest BCUT2D eigenvalue weighted by atomic mass is 35.5. The van der Waals surface area contributed by atoms with Crippen LogP contribution in [0.25, 0.3) is 0 Å². The molecule has 1 unspecified atom stereocenters. The number of nitrogens with one attached hydrogen (secondary N) is 1. The number of nitrogens with zero attached hydrogens (tertiary/aromatic N) is 1. The van der Waals surface area contributed by atoms with Crippen molar-refractivity contribution in [1.29, 1.82) is 0 Å². The summed E-state index contributed by atoms with van der Waals surface area (Å²) < 4.78 is 32.1. The molecule has 27 heavy (non-hydrogen) atoms. The first-order chi connectivity index (χ1) is 12.9. The molecule has 2 aromatic carbocycles. The molecule has 1 aliphatic heterocycles. The lowest BCUT2D eigenvalue weighted by molar-refractivity contribution is 0.0730. The Morgan fingerprint density at radius 3 is 2.48 bits per heavy atom. The largest absolute Gasteiger partial charge is 0.379 e. The summed E-state index contributed by atoms with van der Waals surface area (Å²) in [7, 11) is -3.64. The zero-order chi connectivity index (χ0) is 19.4. The second-order valence-corrected chi connectivity index (χ2v) is 8.67. The molecule has 1 fully saturated rings. The first-order valence-corrected chi connectivity index (χ1v) is 10.4. The Bertz CT molecular complexity index is 910. The molecule has 1 saturated heterocycles. The van der Waals surface area contributed by atoms with Crippen LogP contribution in [-0.2, 0) is 14.8 Å². The number of carbonyl (C=O) groups is 1. The molecule has 0 aromatic heterocycles. The van der Waals surface area contributed by atoms with Crippen LogP contribution in [0.2, 0.25) is 5.02 Å². The fraction of sp³-hybridized carbons (Fsp3) is 0.316. The molecule has 6 nitrogen and oxygen atoms in total. The summed E-state index contributed by atoms with van der Waals surface area (Å²) >= 11 is 5.89. The number of benzene rings is 2. The maximum Gasteiger partial charge on any atom is 0.251 e. The van der Waals surface area contributed by atoms with E-state index in [1.54, 1.807) is 24.3 Å². The quantitative estimate of drug-likeness (QED) is 0.825. The zero-order valence-corrected chi connectivity index (χ0v) is 16.5. The van der Waals surface area contributed by atoms with E-state index in [1.165, 1.54) is 16.4 Å². The van der Waals surface area contributed by atoms with E-state index in [4.69, 9.17) is 16.3 Å². The number of carbonyl (C=O) groups excluding carboxylic acids is 1. The van der Waals surface area contributed by atoms with Crippen LogP contribution in [0.15, 0.2) is 53.4 Å². The van der Waals surface area contributed by atoms with E-state index in [-0.39, 0.29) is 16.8 Å². The van der Waals surface area contributed by atoms with Crippen molar-refractivity contribution in [1.82, 2.24) is 9.62 Å². The van der Waals surface area contributed by atoms with E-state index in [1.807, 2.05) is 19.1 Å². The number of sulfonamides is 1. The molecule has 0 bridgehead atoms. The summed E-state index contributed by atoms with van der Waals surface area (Å²) in [6, 6.07) is 13.0. The van der Waals surface area contributed by atoms with Crippen LogP contribution >= 0.6 is 11.6 Å². The van der Waals surface area contributed by atoms with Crippen molar-refractivity contribution in [2.75, 3.05) is 26.3 Å². The number of ether oxygens (including phenoxy) is 1. The summed E-state index contributed by atoms with van der Waals surface area (Å²) in [5, 5.41) is 3.50. The van der Waals surface area contributed by atoms with Gasteiger partial charge in [0.15, 0.2) is 0 Å². The summed E-state index contributed by atoms with van der Waals surface area (Å²) in [4.78, 5) is 12.7. The van der Waals surface area contributed by atoms with E-state index < -0.39 is 10.0 Å². The molecule has 0 aliphatic carbocycles. The van der Waals surface area contributed by atoms with Crippen LogP contribution in [0.3, 0.4) is 0 Å². The minimum Gasteiger partial charge on any atom is -0.379 e. The highest BCUT2D eigenvalue weighted by Gasteiger charge is 2.27. The maximum atomic E-state index is 12.8. The van der Waals surface area contributed by atoms with Gasteiger partial charge in [0, 0.05) is 23.7 Å². The molecular formula is C19H21ClN2O4S. The Morgan fingerprint density at radius 2 is 1.81 bits per heavy atom. The Balaban J connectivity index is 1.76. The van der Waals surface area contributed by atoms with Crippen molar-refractivity contribution in [3.63, 3.8) is 0 Å². The van der Waals surface area contributed by atoms with Crippen LogP contribution in [-0.4, -0.2) is 44.9 Å². The molecule has 1 N–H and O–H groups in total.